The molecule has 0 radical (unpaired) electrons. The number of hydrogen-bond donors (Lipinski definition) is 1. The Morgan fingerprint density at radius 2 is 1.89 bits per heavy atom. The van der Waals surface area contributed by atoms with Gasteiger partial charge in [-0.2, -0.15) is 0 Å². The molecule has 1 aromatic carbocycles. The molecule has 27 heavy (non-hydrogen) atoms. The average Bonchev–Trinajstić information content (AvgIpc) is 3.18. The molecule has 9 nitrogen and oxygen atoms in total. The van der Waals surface area contributed by atoms with Crippen LogP contribution in [0.15, 0.2) is 41.7 Å². The molecule has 1 aromatic heterocycles. The van der Waals surface area contributed by atoms with Gasteiger partial charge in [-0.1, -0.05) is 18.2 Å². The molecule has 0 spiro atoms. The Balaban J connectivity index is 1.57. The normalized spacial score (nSPS) is 15.0. The summed E-state index contributed by atoms with van der Waals surface area (Å²) in [6, 6.07) is 9.96. The van der Waals surface area contributed by atoms with E-state index in [1.54, 1.807) is 18.3 Å². The number of guanidine groups is 1. The molecule has 0 bridgehead atoms. The van der Waals surface area contributed by atoms with E-state index in [0.717, 1.165) is 17.5 Å². The minimum absolute atomic E-state index is 0.254. The van der Waals surface area contributed by atoms with Gasteiger partial charge in [-0.15, -0.1) is 10.2 Å². The molecule has 0 aliphatic carbocycles. The van der Waals surface area contributed by atoms with Crippen molar-refractivity contribution in [3.8, 4) is 5.69 Å². The van der Waals surface area contributed by atoms with Crippen LogP contribution in [0.25, 0.3) is 5.69 Å². The van der Waals surface area contributed by atoms with Crippen molar-refractivity contribution < 1.29 is 9.53 Å². The van der Waals surface area contributed by atoms with Crippen molar-refractivity contribution in [3.05, 3.63) is 42.5 Å². The number of rotatable bonds is 4. The van der Waals surface area contributed by atoms with Crippen molar-refractivity contribution in [1.82, 2.24) is 29.9 Å². The van der Waals surface area contributed by atoms with Crippen LogP contribution in [-0.2, 0) is 11.3 Å². The maximum atomic E-state index is 11.8. The van der Waals surface area contributed by atoms with E-state index in [2.05, 4.69) is 25.4 Å². The zero-order chi connectivity index (χ0) is 19.1. The zero-order valence-corrected chi connectivity index (χ0v) is 15.7. The quantitative estimate of drug-likeness (QED) is 0.640. The number of benzene rings is 1. The van der Waals surface area contributed by atoms with Gasteiger partial charge in [-0.25, -0.2) is 4.79 Å². The van der Waals surface area contributed by atoms with Crippen molar-refractivity contribution >= 4 is 12.1 Å². The minimum atomic E-state index is -0.254. The number of amides is 1. The van der Waals surface area contributed by atoms with Crippen molar-refractivity contribution in [2.45, 2.75) is 13.5 Å². The molecule has 9 heteroatoms. The Hall–Kier alpha value is -3.10. The summed E-state index contributed by atoms with van der Waals surface area (Å²) in [6.45, 7) is 5.32. The van der Waals surface area contributed by atoms with E-state index in [-0.39, 0.29) is 6.09 Å². The summed E-state index contributed by atoms with van der Waals surface area (Å²) in [5.41, 5.74) is 1.01. The van der Waals surface area contributed by atoms with E-state index < -0.39 is 0 Å². The van der Waals surface area contributed by atoms with Crippen LogP contribution in [0.5, 0.6) is 0 Å². The molecule has 1 N–H and O–H groups in total. The predicted octanol–water partition coefficient (Wildman–Crippen LogP) is 1.12. The first-order chi connectivity index (χ1) is 13.2. The molecule has 1 amide bonds. The third-order valence-electron chi connectivity index (χ3n) is 4.37. The number of carbonyl (C=O) groups is 1. The summed E-state index contributed by atoms with van der Waals surface area (Å²) in [7, 11) is 1.75. The van der Waals surface area contributed by atoms with Gasteiger partial charge in [0.05, 0.1) is 13.2 Å². The summed E-state index contributed by atoms with van der Waals surface area (Å²) in [5, 5.41) is 11.6. The molecule has 1 fully saturated rings. The molecule has 0 saturated carbocycles. The Kier molecular flexibility index (Phi) is 6.24. The predicted molar refractivity (Wildman–Crippen MR) is 102 cm³/mol. The van der Waals surface area contributed by atoms with E-state index in [1.807, 2.05) is 41.8 Å². The summed E-state index contributed by atoms with van der Waals surface area (Å²) < 4.78 is 7.00. The minimum Gasteiger partial charge on any atom is -0.450 e. The van der Waals surface area contributed by atoms with Crippen molar-refractivity contribution in [2.75, 3.05) is 39.8 Å². The van der Waals surface area contributed by atoms with Gasteiger partial charge in [0.2, 0.25) is 0 Å². The summed E-state index contributed by atoms with van der Waals surface area (Å²) >= 11 is 0. The molecule has 1 saturated heterocycles. The van der Waals surface area contributed by atoms with Crippen LogP contribution < -0.4 is 5.32 Å². The number of ether oxygens (including phenoxy) is 1. The first-order valence-electron chi connectivity index (χ1n) is 9.04. The number of carbonyl (C=O) groups excluding carboxylic acids is 1. The number of para-hydroxylation sites is 1. The fourth-order valence-electron chi connectivity index (χ4n) is 2.99. The highest BCUT2D eigenvalue weighted by molar-refractivity contribution is 5.80. The lowest BCUT2D eigenvalue weighted by Gasteiger charge is -2.35. The van der Waals surface area contributed by atoms with Gasteiger partial charge in [0.1, 0.15) is 6.33 Å². The monoisotopic (exact) mass is 371 g/mol. The van der Waals surface area contributed by atoms with Gasteiger partial charge >= 0.3 is 6.09 Å². The van der Waals surface area contributed by atoms with Crippen LogP contribution in [0.1, 0.15) is 12.7 Å². The Morgan fingerprint density at radius 1 is 1.19 bits per heavy atom. The fraction of sp³-hybridized carbons (Fsp3) is 0.444. The van der Waals surface area contributed by atoms with Crippen molar-refractivity contribution in [1.29, 1.82) is 0 Å². The number of hydrogen-bond acceptors (Lipinski definition) is 5. The number of nitrogens with zero attached hydrogens (tertiary/aromatic N) is 6. The van der Waals surface area contributed by atoms with Crippen LogP contribution in [-0.4, -0.2) is 76.5 Å². The van der Waals surface area contributed by atoms with Gasteiger partial charge in [-0.3, -0.25) is 9.56 Å². The van der Waals surface area contributed by atoms with Gasteiger partial charge < -0.3 is 19.9 Å². The van der Waals surface area contributed by atoms with Crippen molar-refractivity contribution in [2.24, 2.45) is 4.99 Å². The summed E-state index contributed by atoms with van der Waals surface area (Å²) in [4.78, 5) is 20.0. The largest absolute Gasteiger partial charge is 0.450 e. The lowest BCUT2D eigenvalue weighted by Crippen LogP contribution is -2.53. The highest BCUT2D eigenvalue weighted by Crippen LogP contribution is 2.09. The molecule has 144 valence electrons. The maximum absolute atomic E-state index is 11.8. The number of nitrogens with one attached hydrogen (secondary N) is 1. The molecule has 1 aliphatic heterocycles. The second-order valence-electron chi connectivity index (χ2n) is 6.03. The first-order valence-corrected chi connectivity index (χ1v) is 9.04. The Bertz CT molecular complexity index is 767. The van der Waals surface area contributed by atoms with Gasteiger partial charge in [0, 0.05) is 38.9 Å². The second-order valence-corrected chi connectivity index (χ2v) is 6.03. The lowest BCUT2D eigenvalue weighted by molar-refractivity contribution is 0.0914. The third kappa shape index (κ3) is 4.55. The van der Waals surface area contributed by atoms with Crippen LogP contribution in [0.4, 0.5) is 4.79 Å². The third-order valence-corrected chi connectivity index (χ3v) is 4.37. The van der Waals surface area contributed by atoms with Crippen LogP contribution in [0.2, 0.25) is 0 Å². The number of aromatic nitrogens is 3. The molecule has 1 aliphatic rings. The zero-order valence-electron chi connectivity index (χ0n) is 15.7. The van der Waals surface area contributed by atoms with Crippen LogP contribution in [0, 0.1) is 0 Å². The van der Waals surface area contributed by atoms with Crippen LogP contribution >= 0.6 is 0 Å². The topological polar surface area (TPSA) is 87.9 Å². The molecular weight excluding hydrogens is 346 g/mol. The number of aliphatic imine (C=N–C) groups is 1. The fourth-order valence-corrected chi connectivity index (χ4v) is 2.99. The second kappa shape index (κ2) is 9.02. The molecule has 0 unspecified atom stereocenters. The molecule has 3 rings (SSSR count). The average molecular weight is 371 g/mol. The summed E-state index contributed by atoms with van der Waals surface area (Å²) in [5.74, 6) is 1.58. The first kappa shape index (κ1) is 18.7. The van der Waals surface area contributed by atoms with E-state index in [0.29, 0.717) is 39.3 Å². The maximum Gasteiger partial charge on any atom is 0.409 e. The molecule has 2 heterocycles. The lowest BCUT2D eigenvalue weighted by atomic mass is 10.3. The summed E-state index contributed by atoms with van der Waals surface area (Å²) in [6.07, 6.45) is 1.45. The Morgan fingerprint density at radius 3 is 2.56 bits per heavy atom. The van der Waals surface area contributed by atoms with Gasteiger partial charge in [0.15, 0.2) is 11.8 Å². The SMILES string of the molecule is CCOC(=O)N1CCN(C(=NC)NCc2nncn2-c2ccccc2)CC1. The van der Waals surface area contributed by atoms with Gasteiger partial charge in [-0.05, 0) is 19.1 Å². The van der Waals surface area contributed by atoms with Gasteiger partial charge in [0.25, 0.3) is 0 Å². The smallest absolute Gasteiger partial charge is 0.409 e. The highest BCUT2D eigenvalue weighted by atomic mass is 16.6. The molecule has 0 atom stereocenters. The number of piperazine rings is 1. The highest BCUT2D eigenvalue weighted by Gasteiger charge is 2.23. The van der Waals surface area contributed by atoms with E-state index in [4.69, 9.17) is 4.74 Å². The Labute approximate surface area is 158 Å². The van der Waals surface area contributed by atoms with Crippen LogP contribution in [0.3, 0.4) is 0 Å². The molecule has 2 aromatic rings. The molecular formula is C18H25N7O2. The van der Waals surface area contributed by atoms with E-state index in [1.165, 1.54) is 0 Å². The van der Waals surface area contributed by atoms with E-state index in [9.17, 15) is 4.79 Å². The van der Waals surface area contributed by atoms with E-state index >= 15 is 0 Å². The standard InChI is InChI=1S/C18H25N7O2/c1-3-27-18(26)24-11-9-23(10-12-24)17(19-2)20-13-16-22-21-14-25(16)15-7-5-4-6-8-15/h4-8,14H,3,9-13H2,1-2H3,(H,19,20). The van der Waals surface area contributed by atoms with Crippen molar-refractivity contribution in [3.63, 3.8) is 0 Å².